The van der Waals surface area contributed by atoms with E-state index in [2.05, 4.69) is 22.4 Å². The Morgan fingerprint density at radius 3 is 3.13 bits per heavy atom. The molecule has 0 radical (unpaired) electrons. The smallest absolute Gasteiger partial charge is 0.252 e. The maximum absolute atomic E-state index is 5.11. The summed E-state index contributed by atoms with van der Waals surface area (Å²) in [5.74, 6) is 1.35. The highest BCUT2D eigenvalue weighted by Gasteiger charge is 2.33. The van der Waals surface area contributed by atoms with Crippen LogP contribution in [0.3, 0.4) is 0 Å². The molecule has 84 valence electrons. The van der Waals surface area contributed by atoms with Crippen molar-refractivity contribution in [3.05, 3.63) is 11.7 Å². The molecular formula is C10H17N3O2. The second-order valence-corrected chi connectivity index (χ2v) is 4.29. The van der Waals surface area contributed by atoms with Crippen molar-refractivity contribution in [1.82, 2.24) is 15.5 Å². The number of nitrogens with zero attached hydrogens (tertiary/aromatic N) is 2. The van der Waals surface area contributed by atoms with Crippen molar-refractivity contribution < 1.29 is 9.26 Å². The van der Waals surface area contributed by atoms with Gasteiger partial charge in [0.25, 0.3) is 5.89 Å². The van der Waals surface area contributed by atoms with Crippen LogP contribution in [0.2, 0.25) is 0 Å². The summed E-state index contributed by atoms with van der Waals surface area (Å²) in [4.78, 5) is 4.35. The first-order chi connectivity index (χ1) is 7.24. The molecule has 1 saturated heterocycles. The molecule has 1 aromatic heterocycles. The second-order valence-electron chi connectivity index (χ2n) is 4.29. The van der Waals surface area contributed by atoms with Gasteiger partial charge in [-0.3, -0.25) is 0 Å². The van der Waals surface area contributed by atoms with E-state index in [9.17, 15) is 0 Å². The van der Waals surface area contributed by atoms with Crippen LogP contribution in [0, 0.1) is 0 Å². The molecule has 1 aliphatic heterocycles. The highest BCUT2D eigenvalue weighted by molar-refractivity contribution is 5.07. The summed E-state index contributed by atoms with van der Waals surface area (Å²) in [7, 11) is 1.62. The molecule has 0 spiro atoms. The number of hydrogen-bond acceptors (Lipinski definition) is 5. The summed E-state index contributed by atoms with van der Waals surface area (Å²) in [6.07, 6.45) is 2.26. The molecular weight excluding hydrogens is 194 g/mol. The quantitative estimate of drug-likeness (QED) is 0.803. The number of rotatable bonds is 3. The van der Waals surface area contributed by atoms with E-state index in [4.69, 9.17) is 9.26 Å². The van der Waals surface area contributed by atoms with E-state index in [-0.39, 0.29) is 5.41 Å². The first-order valence-electron chi connectivity index (χ1n) is 5.27. The lowest BCUT2D eigenvalue weighted by atomic mass is 9.82. The van der Waals surface area contributed by atoms with Crippen molar-refractivity contribution in [2.24, 2.45) is 0 Å². The number of hydrogen-bond donors (Lipinski definition) is 1. The van der Waals surface area contributed by atoms with Crippen LogP contribution in [-0.2, 0) is 16.8 Å². The number of methoxy groups -OCH3 is 1. The average molecular weight is 211 g/mol. The molecule has 0 bridgehead atoms. The summed E-state index contributed by atoms with van der Waals surface area (Å²) in [6.45, 7) is 4.55. The van der Waals surface area contributed by atoms with Crippen molar-refractivity contribution in [3.8, 4) is 0 Å². The monoisotopic (exact) mass is 211 g/mol. The van der Waals surface area contributed by atoms with Crippen molar-refractivity contribution in [1.29, 1.82) is 0 Å². The van der Waals surface area contributed by atoms with E-state index in [0.717, 1.165) is 31.8 Å². The van der Waals surface area contributed by atoms with Crippen LogP contribution in [-0.4, -0.2) is 30.3 Å². The third kappa shape index (κ3) is 2.18. The Labute approximate surface area is 89.2 Å². The van der Waals surface area contributed by atoms with Gasteiger partial charge in [-0.25, -0.2) is 0 Å². The highest BCUT2D eigenvalue weighted by atomic mass is 16.5. The Kier molecular flexibility index (Phi) is 3.02. The van der Waals surface area contributed by atoms with Crippen molar-refractivity contribution in [2.45, 2.75) is 31.8 Å². The van der Waals surface area contributed by atoms with Gasteiger partial charge in [-0.2, -0.15) is 4.98 Å². The molecule has 1 aromatic rings. The molecule has 1 aliphatic rings. The van der Waals surface area contributed by atoms with Gasteiger partial charge in [0.05, 0.1) is 0 Å². The van der Waals surface area contributed by atoms with E-state index in [1.807, 2.05) is 0 Å². The van der Waals surface area contributed by atoms with Crippen LogP contribution < -0.4 is 5.32 Å². The van der Waals surface area contributed by atoms with Gasteiger partial charge in [0.2, 0.25) is 0 Å². The lowest BCUT2D eigenvalue weighted by Gasteiger charge is -2.30. The molecule has 1 unspecified atom stereocenters. The van der Waals surface area contributed by atoms with E-state index < -0.39 is 0 Å². The van der Waals surface area contributed by atoms with Crippen molar-refractivity contribution in [3.63, 3.8) is 0 Å². The van der Waals surface area contributed by atoms with Crippen LogP contribution in [0.25, 0.3) is 0 Å². The molecule has 0 amide bonds. The molecule has 0 aromatic carbocycles. The SMILES string of the molecule is COCc1nc(C2(C)CCCNC2)no1. The first kappa shape index (κ1) is 10.6. The summed E-state index contributed by atoms with van der Waals surface area (Å²) in [6, 6.07) is 0. The summed E-state index contributed by atoms with van der Waals surface area (Å²) in [5, 5.41) is 7.39. The standard InChI is InChI=1S/C10H17N3O2/c1-10(4-3-5-11-7-10)9-12-8(6-14-2)15-13-9/h11H,3-7H2,1-2H3. The fourth-order valence-corrected chi connectivity index (χ4v) is 1.93. The lowest BCUT2D eigenvalue weighted by Crippen LogP contribution is -2.41. The molecule has 5 nitrogen and oxygen atoms in total. The van der Waals surface area contributed by atoms with Crippen LogP contribution in [0.5, 0.6) is 0 Å². The minimum Gasteiger partial charge on any atom is -0.375 e. The average Bonchev–Trinajstić information content (AvgIpc) is 2.69. The zero-order valence-electron chi connectivity index (χ0n) is 9.25. The summed E-state index contributed by atoms with van der Waals surface area (Å²) < 4.78 is 10.1. The van der Waals surface area contributed by atoms with Crippen LogP contribution >= 0.6 is 0 Å². The fraction of sp³-hybridized carbons (Fsp3) is 0.800. The Hall–Kier alpha value is -0.940. The van der Waals surface area contributed by atoms with Crippen LogP contribution in [0.15, 0.2) is 4.52 Å². The molecule has 1 atom stereocenters. The van der Waals surface area contributed by atoms with Gasteiger partial charge in [0, 0.05) is 19.1 Å². The summed E-state index contributed by atoms with van der Waals surface area (Å²) in [5.41, 5.74) is 0.00768. The zero-order chi connectivity index (χ0) is 10.7. The van der Waals surface area contributed by atoms with Gasteiger partial charge in [-0.05, 0) is 19.4 Å². The number of aromatic nitrogens is 2. The van der Waals surface area contributed by atoms with Gasteiger partial charge in [0.1, 0.15) is 6.61 Å². The molecule has 0 aliphatic carbocycles. The topological polar surface area (TPSA) is 60.2 Å². The second kappa shape index (κ2) is 4.28. The lowest BCUT2D eigenvalue weighted by molar-refractivity contribution is 0.151. The highest BCUT2D eigenvalue weighted by Crippen LogP contribution is 2.28. The summed E-state index contributed by atoms with van der Waals surface area (Å²) >= 11 is 0. The van der Waals surface area contributed by atoms with Crippen LogP contribution in [0.4, 0.5) is 0 Å². The van der Waals surface area contributed by atoms with E-state index >= 15 is 0 Å². The minimum absolute atomic E-state index is 0.00768. The van der Waals surface area contributed by atoms with Gasteiger partial charge in [0.15, 0.2) is 5.82 Å². The van der Waals surface area contributed by atoms with Crippen molar-refractivity contribution in [2.75, 3.05) is 20.2 Å². The Bertz CT molecular complexity index is 318. The van der Waals surface area contributed by atoms with Gasteiger partial charge in [-0.1, -0.05) is 12.1 Å². The predicted molar refractivity (Wildman–Crippen MR) is 54.5 cm³/mol. The molecule has 1 N–H and O–H groups in total. The van der Waals surface area contributed by atoms with E-state index in [0.29, 0.717) is 12.5 Å². The number of nitrogens with one attached hydrogen (secondary N) is 1. The van der Waals surface area contributed by atoms with Gasteiger partial charge in [-0.15, -0.1) is 0 Å². The maximum Gasteiger partial charge on any atom is 0.252 e. The molecule has 2 heterocycles. The van der Waals surface area contributed by atoms with Crippen LogP contribution in [0.1, 0.15) is 31.5 Å². The normalized spacial score (nSPS) is 26.8. The Balaban J connectivity index is 2.12. The predicted octanol–water partition coefficient (Wildman–Crippen LogP) is 0.857. The minimum atomic E-state index is 0.00768. The Morgan fingerprint density at radius 1 is 1.60 bits per heavy atom. The van der Waals surface area contributed by atoms with E-state index in [1.165, 1.54) is 0 Å². The fourth-order valence-electron chi connectivity index (χ4n) is 1.93. The number of ether oxygens (including phenoxy) is 1. The van der Waals surface area contributed by atoms with Gasteiger partial charge < -0.3 is 14.6 Å². The molecule has 15 heavy (non-hydrogen) atoms. The van der Waals surface area contributed by atoms with Gasteiger partial charge >= 0.3 is 0 Å². The maximum atomic E-state index is 5.11. The molecule has 2 rings (SSSR count). The third-order valence-electron chi connectivity index (χ3n) is 2.87. The van der Waals surface area contributed by atoms with Crippen molar-refractivity contribution >= 4 is 0 Å². The first-order valence-corrected chi connectivity index (χ1v) is 5.27. The molecule has 0 saturated carbocycles. The largest absolute Gasteiger partial charge is 0.375 e. The molecule has 1 fully saturated rings. The zero-order valence-corrected chi connectivity index (χ0v) is 9.25. The Morgan fingerprint density at radius 2 is 2.47 bits per heavy atom. The molecule has 5 heteroatoms. The number of piperidine rings is 1. The third-order valence-corrected chi connectivity index (χ3v) is 2.87. The van der Waals surface area contributed by atoms with E-state index in [1.54, 1.807) is 7.11 Å².